The van der Waals surface area contributed by atoms with Gasteiger partial charge in [0.1, 0.15) is 6.29 Å². The smallest absolute Gasteiger partial charge is 0.306 e. The molecule has 0 amide bonds. The Bertz CT molecular complexity index is 188. The van der Waals surface area contributed by atoms with Crippen LogP contribution in [-0.2, 0) is 9.59 Å². The third kappa shape index (κ3) is 1.65. The molecule has 1 aliphatic carbocycles. The molecule has 0 aliphatic heterocycles. The van der Waals surface area contributed by atoms with Crippen LogP contribution in [0.3, 0.4) is 0 Å². The van der Waals surface area contributed by atoms with Gasteiger partial charge in [-0.2, -0.15) is 0 Å². The number of hydrogen-bond acceptors (Lipinski definition) is 2. The molecular weight excluding hydrogens is 156 g/mol. The standard InChI is InChI=1S/C9H14O3/c1-6(5-10)7-3-2-4-8(7)9(11)12/h5-8H,2-4H2,1H3,(H,11,12)/t6-,7-,8+/m0/s1. The van der Waals surface area contributed by atoms with Gasteiger partial charge in [0.15, 0.2) is 0 Å². The van der Waals surface area contributed by atoms with Gasteiger partial charge in [-0.05, 0) is 18.8 Å². The van der Waals surface area contributed by atoms with E-state index in [1.165, 1.54) is 0 Å². The largest absolute Gasteiger partial charge is 0.481 e. The maximum atomic E-state index is 10.7. The monoisotopic (exact) mass is 170 g/mol. The summed E-state index contributed by atoms with van der Waals surface area (Å²) in [5, 5.41) is 8.81. The molecule has 68 valence electrons. The number of carboxylic acid groups (broad SMARTS) is 1. The Labute approximate surface area is 71.8 Å². The molecule has 0 aromatic heterocycles. The summed E-state index contributed by atoms with van der Waals surface area (Å²) in [6.45, 7) is 1.80. The number of aldehydes is 1. The van der Waals surface area contributed by atoms with Crippen molar-refractivity contribution in [3.63, 3.8) is 0 Å². The van der Waals surface area contributed by atoms with Crippen LogP contribution in [0.1, 0.15) is 26.2 Å². The lowest BCUT2D eigenvalue weighted by atomic mass is 9.86. The third-order valence-corrected chi connectivity index (χ3v) is 2.78. The van der Waals surface area contributed by atoms with E-state index in [0.29, 0.717) is 0 Å². The van der Waals surface area contributed by atoms with Crippen LogP contribution in [-0.4, -0.2) is 17.4 Å². The summed E-state index contributed by atoms with van der Waals surface area (Å²) >= 11 is 0. The fourth-order valence-electron chi connectivity index (χ4n) is 2.03. The summed E-state index contributed by atoms with van der Waals surface area (Å²) in [7, 11) is 0. The Kier molecular flexibility index (Phi) is 2.84. The van der Waals surface area contributed by atoms with Gasteiger partial charge in [-0.1, -0.05) is 13.3 Å². The van der Waals surface area contributed by atoms with E-state index in [1.54, 1.807) is 6.92 Å². The number of carbonyl (C=O) groups is 2. The maximum Gasteiger partial charge on any atom is 0.306 e. The van der Waals surface area contributed by atoms with Crippen LogP contribution in [0, 0.1) is 17.8 Å². The van der Waals surface area contributed by atoms with Crippen molar-refractivity contribution in [3.8, 4) is 0 Å². The van der Waals surface area contributed by atoms with Gasteiger partial charge in [0.05, 0.1) is 5.92 Å². The summed E-state index contributed by atoms with van der Waals surface area (Å²) in [5.74, 6) is -1.06. The number of hydrogen-bond donors (Lipinski definition) is 1. The second-order valence-electron chi connectivity index (χ2n) is 3.53. The fraction of sp³-hybridized carbons (Fsp3) is 0.778. The predicted octanol–water partition coefficient (Wildman–Crippen LogP) is 1.32. The molecule has 3 heteroatoms. The van der Waals surface area contributed by atoms with Gasteiger partial charge in [0, 0.05) is 5.92 Å². The molecule has 1 saturated carbocycles. The van der Waals surface area contributed by atoms with Crippen LogP contribution in [0.25, 0.3) is 0 Å². The van der Waals surface area contributed by atoms with E-state index in [9.17, 15) is 9.59 Å². The van der Waals surface area contributed by atoms with Crippen LogP contribution in [0.2, 0.25) is 0 Å². The Balaban J connectivity index is 2.63. The number of carboxylic acids is 1. The molecule has 0 unspecified atom stereocenters. The second-order valence-corrected chi connectivity index (χ2v) is 3.53. The molecule has 1 aliphatic rings. The van der Waals surface area contributed by atoms with E-state index in [1.807, 2.05) is 0 Å². The first-order valence-electron chi connectivity index (χ1n) is 4.35. The molecule has 0 aromatic carbocycles. The predicted molar refractivity (Wildman–Crippen MR) is 43.7 cm³/mol. The van der Waals surface area contributed by atoms with E-state index in [-0.39, 0.29) is 17.8 Å². The molecule has 0 radical (unpaired) electrons. The van der Waals surface area contributed by atoms with E-state index >= 15 is 0 Å². The SMILES string of the molecule is C[C@@H](C=O)[C@@H]1CCC[C@H]1C(=O)O. The summed E-state index contributed by atoms with van der Waals surface area (Å²) in [6.07, 6.45) is 3.43. The highest BCUT2D eigenvalue weighted by molar-refractivity contribution is 5.71. The molecule has 0 heterocycles. The minimum atomic E-state index is -0.744. The molecule has 0 bridgehead atoms. The van der Waals surface area contributed by atoms with Crippen molar-refractivity contribution in [3.05, 3.63) is 0 Å². The average Bonchev–Trinajstić information content (AvgIpc) is 2.50. The van der Waals surface area contributed by atoms with Crippen LogP contribution in [0.15, 0.2) is 0 Å². The molecule has 1 rings (SSSR count). The average molecular weight is 170 g/mol. The Morgan fingerprint density at radius 2 is 2.25 bits per heavy atom. The highest BCUT2D eigenvalue weighted by Gasteiger charge is 2.35. The molecule has 0 spiro atoms. The van der Waals surface area contributed by atoms with Crippen LogP contribution in [0.5, 0.6) is 0 Å². The first kappa shape index (κ1) is 9.23. The molecular formula is C9H14O3. The summed E-state index contributed by atoms with van der Waals surface area (Å²) < 4.78 is 0. The zero-order chi connectivity index (χ0) is 9.14. The number of carbonyl (C=O) groups excluding carboxylic acids is 1. The zero-order valence-corrected chi connectivity index (χ0v) is 7.19. The molecule has 12 heavy (non-hydrogen) atoms. The van der Waals surface area contributed by atoms with Crippen molar-refractivity contribution in [1.82, 2.24) is 0 Å². The van der Waals surface area contributed by atoms with Crippen molar-refractivity contribution in [2.45, 2.75) is 26.2 Å². The van der Waals surface area contributed by atoms with Gasteiger partial charge < -0.3 is 9.90 Å². The quantitative estimate of drug-likeness (QED) is 0.650. The summed E-state index contributed by atoms with van der Waals surface area (Å²) in [5.41, 5.74) is 0. The highest BCUT2D eigenvalue weighted by Crippen LogP contribution is 2.36. The van der Waals surface area contributed by atoms with Gasteiger partial charge >= 0.3 is 5.97 Å². The Hall–Kier alpha value is -0.860. The van der Waals surface area contributed by atoms with Crippen molar-refractivity contribution in [2.75, 3.05) is 0 Å². The van der Waals surface area contributed by atoms with Crippen molar-refractivity contribution in [2.24, 2.45) is 17.8 Å². The number of aliphatic carboxylic acids is 1. The topological polar surface area (TPSA) is 54.4 Å². The fourth-order valence-corrected chi connectivity index (χ4v) is 2.03. The molecule has 0 saturated heterocycles. The molecule has 1 N–H and O–H groups in total. The van der Waals surface area contributed by atoms with E-state index in [2.05, 4.69) is 0 Å². The van der Waals surface area contributed by atoms with Gasteiger partial charge in [-0.25, -0.2) is 0 Å². The van der Waals surface area contributed by atoms with E-state index < -0.39 is 5.97 Å². The van der Waals surface area contributed by atoms with Crippen molar-refractivity contribution < 1.29 is 14.7 Å². The summed E-state index contributed by atoms with van der Waals surface area (Å²) in [4.78, 5) is 21.2. The van der Waals surface area contributed by atoms with Crippen LogP contribution < -0.4 is 0 Å². The molecule has 3 atom stereocenters. The lowest BCUT2D eigenvalue weighted by Crippen LogP contribution is -2.24. The van der Waals surface area contributed by atoms with Crippen LogP contribution >= 0.6 is 0 Å². The second kappa shape index (κ2) is 3.70. The van der Waals surface area contributed by atoms with Crippen molar-refractivity contribution in [1.29, 1.82) is 0 Å². The number of rotatable bonds is 3. The zero-order valence-electron chi connectivity index (χ0n) is 7.19. The molecule has 0 aromatic rings. The lowest BCUT2D eigenvalue weighted by Gasteiger charge is -2.17. The molecule has 3 nitrogen and oxygen atoms in total. The van der Waals surface area contributed by atoms with Gasteiger partial charge in [-0.15, -0.1) is 0 Å². The summed E-state index contributed by atoms with van der Waals surface area (Å²) in [6, 6.07) is 0. The lowest BCUT2D eigenvalue weighted by molar-refractivity contribution is -0.143. The Morgan fingerprint density at radius 3 is 2.75 bits per heavy atom. The first-order valence-corrected chi connectivity index (χ1v) is 4.35. The highest BCUT2D eigenvalue weighted by atomic mass is 16.4. The van der Waals surface area contributed by atoms with E-state index in [4.69, 9.17) is 5.11 Å². The first-order chi connectivity index (χ1) is 5.66. The molecule has 1 fully saturated rings. The normalized spacial score (nSPS) is 31.4. The minimum absolute atomic E-state index is 0.0694. The van der Waals surface area contributed by atoms with Gasteiger partial charge in [-0.3, -0.25) is 4.79 Å². The Morgan fingerprint density at radius 1 is 1.58 bits per heavy atom. The van der Waals surface area contributed by atoms with E-state index in [0.717, 1.165) is 25.5 Å². The maximum absolute atomic E-state index is 10.7. The van der Waals surface area contributed by atoms with Gasteiger partial charge in [0.25, 0.3) is 0 Å². The third-order valence-electron chi connectivity index (χ3n) is 2.78. The minimum Gasteiger partial charge on any atom is -0.481 e. The van der Waals surface area contributed by atoms with Gasteiger partial charge in [0.2, 0.25) is 0 Å². The van der Waals surface area contributed by atoms with Crippen LogP contribution in [0.4, 0.5) is 0 Å². The van der Waals surface area contributed by atoms with Crippen molar-refractivity contribution >= 4 is 12.3 Å².